The van der Waals surface area contributed by atoms with E-state index in [9.17, 15) is 0 Å². The van der Waals surface area contributed by atoms with Gasteiger partial charge in [0, 0.05) is 11.7 Å². The van der Waals surface area contributed by atoms with Gasteiger partial charge in [-0.2, -0.15) is 5.26 Å². The Bertz CT molecular complexity index is 432. The molecule has 1 heterocycles. The third kappa shape index (κ3) is 3.20. The molecule has 3 nitrogen and oxygen atoms in total. The molecule has 0 saturated carbocycles. The molecular formula is C14H21N3. The standard InChI is InChI=1S/C14H21N3/c1-6-9(2)12(5)17-14-13(8-15)10(3)7-11(4)16-14/h7,9,12H,6H2,1-5H3,(H,16,17). The molecule has 1 rings (SSSR count). The van der Waals surface area contributed by atoms with Crippen LogP contribution in [-0.4, -0.2) is 11.0 Å². The first-order valence-corrected chi connectivity index (χ1v) is 6.14. The van der Waals surface area contributed by atoms with Gasteiger partial charge in [0.05, 0.1) is 5.56 Å². The summed E-state index contributed by atoms with van der Waals surface area (Å²) in [6.07, 6.45) is 1.11. The Balaban J connectivity index is 3.02. The summed E-state index contributed by atoms with van der Waals surface area (Å²) in [7, 11) is 0. The summed E-state index contributed by atoms with van der Waals surface area (Å²) in [6, 6.07) is 4.49. The Morgan fingerprint density at radius 1 is 1.41 bits per heavy atom. The highest BCUT2D eigenvalue weighted by Crippen LogP contribution is 2.20. The highest BCUT2D eigenvalue weighted by atomic mass is 15.0. The van der Waals surface area contributed by atoms with Crippen molar-refractivity contribution in [2.45, 2.75) is 47.1 Å². The quantitative estimate of drug-likeness (QED) is 0.863. The average Bonchev–Trinajstić information content (AvgIpc) is 2.27. The second kappa shape index (κ2) is 5.67. The van der Waals surface area contributed by atoms with Gasteiger partial charge >= 0.3 is 0 Å². The molecule has 0 aliphatic carbocycles. The fraction of sp³-hybridized carbons (Fsp3) is 0.571. The van der Waals surface area contributed by atoms with Crippen LogP contribution in [0.15, 0.2) is 6.07 Å². The third-order valence-electron chi connectivity index (χ3n) is 3.32. The lowest BCUT2D eigenvalue weighted by Gasteiger charge is -2.21. The molecule has 1 aromatic rings. The monoisotopic (exact) mass is 231 g/mol. The van der Waals surface area contributed by atoms with Crippen molar-refractivity contribution in [2.75, 3.05) is 5.32 Å². The van der Waals surface area contributed by atoms with Crippen LogP contribution in [0.1, 0.15) is 44.0 Å². The van der Waals surface area contributed by atoms with Crippen LogP contribution in [0.25, 0.3) is 0 Å². The Hall–Kier alpha value is -1.56. The van der Waals surface area contributed by atoms with Gasteiger partial charge in [-0.15, -0.1) is 0 Å². The third-order valence-corrected chi connectivity index (χ3v) is 3.32. The number of aromatic nitrogens is 1. The van der Waals surface area contributed by atoms with Crippen molar-refractivity contribution in [2.24, 2.45) is 5.92 Å². The van der Waals surface area contributed by atoms with Gasteiger partial charge in [-0.3, -0.25) is 0 Å². The fourth-order valence-corrected chi connectivity index (χ4v) is 1.79. The van der Waals surface area contributed by atoms with Crippen LogP contribution in [0.4, 0.5) is 5.82 Å². The van der Waals surface area contributed by atoms with Crippen molar-refractivity contribution in [1.29, 1.82) is 5.26 Å². The molecule has 2 atom stereocenters. The van der Waals surface area contributed by atoms with Crippen LogP contribution in [0.3, 0.4) is 0 Å². The van der Waals surface area contributed by atoms with Gasteiger partial charge in [-0.25, -0.2) is 4.98 Å². The molecule has 0 spiro atoms. The fourth-order valence-electron chi connectivity index (χ4n) is 1.79. The van der Waals surface area contributed by atoms with Crippen LogP contribution < -0.4 is 5.32 Å². The number of hydrogen-bond acceptors (Lipinski definition) is 3. The van der Waals surface area contributed by atoms with Crippen molar-refractivity contribution in [3.8, 4) is 6.07 Å². The normalized spacial score (nSPS) is 13.9. The molecule has 0 radical (unpaired) electrons. The van der Waals surface area contributed by atoms with Gasteiger partial charge in [0.15, 0.2) is 0 Å². The summed E-state index contributed by atoms with van der Waals surface area (Å²) in [5.74, 6) is 1.28. The molecule has 1 N–H and O–H groups in total. The topological polar surface area (TPSA) is 48.7 Å². The Labute approximate surface area is 104 Å². The van der Waals surface area contributed by atoms with Crippen molar-refractivity contribution >= 4 is 5.82 Å². The second-order valence-corrected chi connectivity index (χ2v) is 4.73. The minimum absolute atomic E-state index is 0.320. The summed E-state index contributed by atoms with van der Waals surface area (Å²) in [5.41, 5.74) is 2.59. The molecule has 0 amide bonds. The first kappa shape index (κ1) is 13.5. The number of nitriles is 1. The second-order valence-electron chi connectivity index (χ2n) is 4.73. The number of rotatable bonds is 4. The lowest BCUT2D eigenvalue weighted by Crippen LogP contribution is -2.24. The maximum absolute atomic E-state index is 9.17. The summed E-state index contributed by atoms with van der Waals surface area (Å²) < 4.78 is 0. The molecular weight excluding hydrogens is 210 g/mol. The van der Waals surface area contributed by atoms with E-state index in [1.165, 1.54) is 0 Å². The summed E-state index contributed by atoms with van der Waals surface area (Å²) in [4.78, 5) is 4.43. The van der Waals surface area contributed by atoms with Gasteiger partial charge in [-0.05, 0) is 38.3 Å². The largest absolute Gasteiger partial charge is 0.366 e. The van der Waals surface area contributed by atoms with E-state index >= 15 is 0 Å². The van der Waals surface area contributed by atoms with Crippen molar-refractivity contribution in [3.63, 3.8) is 0 Å². The van der Waals surface area contributed by atoms with Gasteiger partial charge in [0.25, 0.3) is 0 Å². The van der Waals surface area contributed by atoms with Gasteiger partial charge in [-0.1, -0.05) is 20.3 Å². The van der Waals surface area contributed by atoms with Crippen LogP contribution >= 0.6 is 0 Å². The summed E-state index contributed by atoms with van der Waals surface area (Å²) in [5, 5.41) is 12.5. The van der Waals surface area contributed by atoms with Crippen molar-refractivity contribution < 1.29 is 0 Å². The smallest absolute Gasteiger partial charge is 0.144 e. The molecule has 0 aromatic carbocycles. The molecule has 0 saturated heterocycles. The molecule has 2 unspecified atom stereocenters. The van der Waals surface area contributed by atoms with E-state index in [1.54, 1.807) is 0 Å². The van der Waals surface area contributed by atoms with Gasteiger partial charge < -0.3 is 5.32 Å². The molecule has 17 heavy (non-hydrogen) atoms. The lowest BCUT2D eigenvalue weighted by molar-refractivity contribution is 0.493. The predicted octanol–water partition coefficient (Wildman–Crippen LogP) is 3.42. The van der Waals surface area contributed by atoms with Gasteiger partial charge in [0.1, 0.15) is 11.9 Å². The summed E-state index contributed by atoms with van der Waals surface area (Å²) >= 11 is 0. The van der Waals surface area contributed by atoms with E-state index in [4.69, 9.17) is 5.26 Å². The average molecular weight is 231 g/mol. The molecule has 92 valence electrons. The zero-order chi connectivity index (χ0) is 13.0. The Kier molecular flexibility index (Phi) is 4.51. The van der Waals surface area contributed by atoms with Crippen LogP contribution in [0, 0.1) is 31.1 Å². The predicted molar refractivity (Wildman–Crippen MR) is 71.0 cm³/mol. The number of nitrogens with zero attached hydrogens (tertiary/aromatic N) is 2. The highest BCUT2D eigenvalue weighted by Gasteiger charge is 2.14. The first-order valence-electron chi connectivity index (χ1n) is 6.14. The molecule has 3 heteroatoms. The number of anilines is 1. The molecule has 0 aliphatic rings. The first-order chi connectivity index (χ1) is 7.99. The Morgan fingerprint density at radius 3 is 2.59 bits per heavy atom. The van der Waals surface area contributed by atoms with E-state index in [2.05, 4.69) is 37.1 Å². The zero-order valence-corrected chi connectivity index (χ0v) is 11.3. The molecule has 0 aliphatic heterocycles. The SMILES string of the molecule is CCC(C)C(C)Nc1nc(C)cc(C)c1C#N. The Morgan fingerprint density at radius 2 is 2.06 bits per heavy atom. The number of aryl methyl sites for hydroxylation is 2. The van der Waals surface area contributed by atoms with Crippen LogP contribution in [-0.2, 0) is 0 Å². The maximum atomic E-state index is 9.17. The summed E-state index contributed by atoms with van der Waals surface area (Å²) in [6.45, 7) is 10.4. The minimum Gasteiger partial charge on any atom is -0.366 e. The van der Waals surface area contributed by atoms with Crippen LogP contribution in [0.5, 0.6) is 0 Å². The lowest BCUT2D eigenvalue weighted by atomic mass is 10.0. The van der Waals surface area contributed by atoms with Crippen molar-refractivity contribution in [3.05, 3.63) is 22.9 Å². The molecule has 1 aromatic heterocycles. The van der Waals surface area contributed by atoms with E-state index in [-0.39, 0.29) is 0 Å². The van der Waals surface area contributed by atoms with Gasteiger partial charge in [0.2, 0.25) is 0 Å². The number of nitrogens with one attached hydrogen (secondary N) is 1. The van der Waals surface area contributed by atoms with E-state index in [1.807, 2.05) is 19.9 Å². The molecule has 0 fully saturated rings. The maximum Gasteiger partial charge on any atom is 0.144 e. The number of pyridine rings is 1. The number of hydrogen-bond donors (Lipinski definition) is 1. The zero-order valence-electron chi connectivity index (χ0n) is 11.3. The highest BCUT2D eigenvalue weighted by molar-refractivity contribution is 5.56. The van der Waals surface area contributed by atoms with Crippen molar-refractivity contribution in [1.82, 2.24) is 4.98 Å². The van der Waals surface area contributed by atoms with E-state index in [0.717, 1.165) is 23.5 Å². The van der Waals surface area contributed by atoms with Crippen LogP contribution in [0.2, 0.25) is 0 Å². The van der Waals surface area contributed by atoms with E-state index in [0.29, 0.717) is 17.5 Å². The van der Waals surface area contributed by atoms with E-state index < -0.39 is 0 Å². The minimum atomic E-state index is 0.320. The molecule has 0 bridgehead atoms.